The monoisotopic (exact) mass is 554 g/mol. The van der Waals surface area contributed by atoms with Crippen LogP contribution < -0.4 is 15.4 Å². The molecule has 3 aromatic rings. The molecular weight excluding hydrogens is 528 g/mol. The Hall–Kier alpha value is -3.85. The molecule has 9 heteroatoms. The van der Waals surface area contributed by atoms with Crippen molar-refractivity contribution in [2.24, 2.45) is 0 Å². The maximum absolute atomic E-state index is 12.8. The Morgan fingerprint density at radius 1 is 0.972 bits per heavy atom. The molecular formula is C27H27BrN2O6. The van der Waals surface area contributed by atoms with Gasteiger partial charge in [-0.1, -0.05) is 52.3 Å². The van der Waals surface area contributed by atoms with Gasteiger partial charge < -0.3 is 25.2 Å². The van der Waals surface area contributed by atoms with E-state index in [1.807, 2.05) is 30.3 Å². The van der Waals surface area contributed by atoms with Crippen LogP contribution in [0.25, 0.3) is 0 Å². The molecule has 8 nitrogen and oxygen atoms in total. The number of carboxylic acid groups (broad SMARTS) is 1. The normalized spacial score (nSPS) is 11.8. The molecule has 36 heavy (non-hydrogen) atoms. The van der Waals surface area contributed by atoms with Gasteiger partial charge in [0.1, 0.15) is 18.0 Å². The number of carbonyl (C=O) groups excluding carboxylic acids is 2. The van der Waals surface area contributed by atoms with Crippen molar-refractivity contribution in [3.63, 3.8) is 0 Å². The third-order valence-electron chi connectivity index (χ3n) is 4.87. The van der Waals surface area contributed by atoms with Crippen LogP contribution in [0.3, 0.4) is 0 Å². The molecule has 0 radical (unpaired) electrons. The minimum atomic E-state index is -1.16. The largest absolute Gasteiger partial charge is 0.491 e. The van der Waals surface area contributed by atoms with Gasteiger partial charge in [-0.05, 0) is 62.7 Å². The number of hydrogen-bond donors (Lipinski definition) is 3. The van der Waals surface area contributed by atoms with Crippen LogP contribution >= 0.6 is 15.9 Å². The van der Waals surface area contributed by atoms with E-state index in [4.69, 9.17) is 9.47 Å². The maximum Gasteiger partial charge on any atom is 0.408 e. The first-order valence-corrected chi connectivity index (χ1v) is 11.9. The summed E-state index contributed by atoms with van der Waals surface area (Å²) in [6, 6.07) is 19.9. The number of ether oxygens (including phenoxy) is 2. The first-order chi connectivity index (χ1) is 17.0. The first kappa shape index (κ1) is 26.7. The fourth-order valence-electron chi connectivity index (χ4n) is 3.26. The number of anilines is 1. The fraction of sp³-hybridized carbons (Fsp3) is 0.222. The zero-order chi connectivity index (χ0) is 26.3. The molecule has 0 bridgehead atoms. The summed E-state index contributed by atoms with van der Waals surface area (Å²) in [4.78, 5) is 36.7. The van der Waals surface area contributed by atoms with Gasteiger partial charge in [0.2, 0.25) is 0 Å². The number of amides is 2. The lowest BCUT2D eigenvalue weighted by atomic mass is 10.1. The molecule has 0 aromatic heterocycles. The molecule has 1 unspecified atom stereocenters. The second-order valence-electron chi connectivity index (χ2n) is 8.90. The molecule has 3 rings (SSSR count). The molecule has 0 saturated carbocycles. The van der Waals surface area contributed by atoms with Crippen molar-refractivity contribution in [1.29, 1.82) is 0 Å². The second kappa shape index (κ2) is 11.7. The average Bonchev–Trinajstić information content (AvgIpc) is 2.82. The number of carbonyl (C=O) groups is 3. The summed E-state index contributed by atoms with van der Waals surface area (Å²) >= 11 is 3.23. The van der Waals surface area contributed by atoms with E-state index >= 15 is 0 Å². The number of alkyl carbamates (subject to hydrolysis) is 1. The summed E-state index contributed by atoms with van der Waals surface area (Å²) in [7, 11) is 0. The van der Waals surface area contributed by atoms with E-state index in [0.29, 0.717) is 10.2 Å². The Labute approximate surface area is 217 Å². The maximum atomic E-state index is 12.8. The fourth-order valence-corrected chi connectivity index (χ4v) is 3.62. The molecule has 0 saturated heterocycles. The van der Waals surface area contributed by atoms with E-state index in [1.165, 1.54) is 12.1 Å². The van der Waals surface area contributed by atoms with Gasteiger partial charge in [0, 0.05) is 10.0 Å². The van der Waals surface area contributed by atoms with Gasteiger partial charge in [0.25, 0.3) is 5.91 Å². The predicted octanol–water partition coefficient (Wildman–Crippen LogP) is 6.04. The second-order valence-corrected chi connectivity index (χ2v) is 9.81. The van der Waals surface area contributed by atoms with Crippen molar-refractivity contribution in [2.75, 3.05) is 11.9 Å². The third-order valence-corrected chi connectivity index (χ3v) is 5.36. The Balaban J connectivity index is 1.73. The summed E-state index contributed by atoms with van der Waals surface area (Å²) in [5, 5.41) is 14.9. The molecule has 0 aliphatic heterocycles. The van der Waals surface area contributed by atoms with Crippen molar-refractivity contribution in [3.05, 3.63) is 94.0 Å². The summed E-state index contributed by atoms with van der Waals surface area (Å²) in [6.45, 7) is 5.44. The van der Waals surface area contributed by atoms with Crippen LogP contribution in [0.5, 0.6) is 5.75 Å². The topological polar surface area (TPSA) is 114 Å². The summed E-state index contributed by atoms with van der Waals surface area (Å²) in [6.07, 6.45) is -0.572. The molecule has 0 fully saturated rings. The smallest absolute Gasteiger partial charge is 0.408 e. The van der Waals surface area contributed by atoms with Crippen molar-refractivity contribution in [3.8, 4) is 5.75 Å². The van der Waals surface area contributed by atoms with E-state index in [2.05, 4.69) is 26.6 Å². The Kier molecular flexibility index (Phi) is 8.71. The quantitative estimate of drug-likeness (QED) is 0.312. The average molecular weight is 555 g/mol. The molecule has 188 valence electrons. The van der Waals surface area contributed by atoms with Gasteiger partial charge in [-0.15, -0.1) is 0 Å². The van der Waals surface area contributed by atoms with E-state index in [9.17, 15) is 19.5 Å². The highest BCUT2D eigenvalue weighted by atomic mass is 79.9. The lowest BCUT2D eigenvalue weighted by Gasteiger charge is -2.24. The number of aromatic carboxylic acids is 1. The van der Waals surface area contributed by atoms with Crippen molar-refractivity contribution >= 4 is 39.6 Å². The minimum Gasteiger partial charge on any atom is -0.491 e. The lowest BCUT2D eigenvalue weighted by Crippen LogP contribution is -2.37. The van der Waals surface area contributed by atoms with Crippen molar-refractivity contribution in [1.82, 2.24) is 5.32 Å². The molecule has 0 aliphatic carbocycles. The van der Waals surface area contributed by atoms with E-state index < -0.39 is 29.6 Å². The number of rotatable bonds is 8. The zero-order valence-electron chi connectivity index (χ0n) is 20.1. The standard InChI is InChI=1S/C27H27BrN2O6/c1-27(2,3)36-26(34)30-23(17-8-5-4-6-9-17)16-35-20-11-7-10-18(14-20)24(31)29-22-13-12-19(28)15-21(22)25(32)33/h4-15,23H,16H2,1-3H3,(H,29,31)(H,30,34)(H,32,33). The van der Waals surface area contributed by atoms with Crippen LogP contribution in [0, 0.1) is 0 Å². The van der Waals surface area contributed by atoms with Gasteiger partial charge >= 0.3 is 12.1 Å². The summed E-state index contributed by atoms with van der Waals surface area (Å²) in [5.74, 6) is -1.24. The number of hydrogen-bond acceptors (Lipinski definition) is 5. The Morgan fingerprint density at radius 3 is 2.36 bits per heavy atom. The minimum absolute atomic E-state index is 0.0379. The number of benzene rings is 3. The van der Waals surface area contributed by atoms with Gasteiger partial charge in [0.15, 0.2) is 0 Å². The van der Waals surface area contributed by atoms with E-state index in [0.717, 1.165) is 5.56 Å². The highest BCUT2D eigenvalue weighted by Crippen LogP contribution is 2.23. The van der Waals surface area contributed by atoms with Crippen LogP contribution in [-0.4, -0.2) is 35.3 Å². The van der Waals surface area contributed by atoms with Crippen LogP contribution in [0.1, 0.15) is 53.1 Å². The van der Waals surface area contributed by atoms with Gasteiger partial charge in [0.05, 0.1) is 17.3 Å². The summed E-state index contributed by atoms with van der Waals surface area (Å²) in [5.41, 5.74) is 0.594. The number of carboxylic acids is 1. The predicted molar refractivity (Wildman–Crippen MR) is 140 cm³/mol. The Bertz CT molecular complexity index is 1240. The first-order valence-electron chi connectivity index (χ1n) is 11.1. The third kappa shape index (κ3) is 7.84. The molecule has 0 aliphatic rings. The van der Waals surface area contributed by atoms with Crippen LogP contribution in [0.2, 0.25) is 0 Å². The highest BCUT2D eigenvalue weighted by Gasteiger charge is 2.21. The SMILES string of the molecule is CC(C)(C)OC(=O)NC(COc1cccc(C(=O)Nc2ccc(Br)cc2C(=O)O)c1)c1ccccc1. The molecule has 2 amide bonds. The van der Waals surface area contributed by atoms with Crippen LogP contribution in [-0.2, 0) is 4.74 Å². The number of halogens is 1. The molecule has 3 N–H and O–H groups in total. The highest BCUT2D eigenvalue weighted by molar-refractivity contribution is 9.10. The number of nitrogens with one attached hydrogen (secondary N) is 2. The van der Waals surface area contributed by atoms with Crippen molar-refractivity contribution in [2.45, 2.75) is 32.4 Å². The van der Waals surface area contributed by atoms with Crippen LogP contribution in [0.15, 0.2) is 77.3 Å². The molecule has 3 aromatic carbocycles. The van der Waals surface area contributed by atoms with E-state index in [-0.39, 0.29) is 23.4 Å². The lowest BCUT2D eigenvalue weighted by molar-refractivity contribution is 0.0486. The molecule has 0 heterocycles. The van der Waals surface area contributed by atoms with Gasteiger partial charge in [-0.3, -0.25) is 4.79 Å². The molecule has 1 atom stereocenters. The van der Waals surface area contributed by atoms with E-state index in [1.54, 1.807) is 51.1 Å². The zero-order valence-corrected chi connectivity index (χ0v) is 21.7. The van der Waals surface area contributed by atoms with Crippen LogP contribution in [0.4, 0.5) is 10.5 Å². The Morgan fingerprint density at radius 2 is 1.69 bits per heavy atom. The van der Waals surface area contributed by atoms with Gasteiger partial charge in [-0.2, -0.15) is 0 Å². The summed E-state index contributed by atoms with van der Waals surface area (Å²) < 4.78 is 11.9. The van der Waals surface area contributed by atoms with Crippen molar-refractivity contribution < 1.29 is 29.0 Å². The van der Waals surface area contributed by atoms with Gasteiger partial charge in [-0.25, -0.2) is 9.59 Å². The molecule has 0 spiro atoms.